The zero-order chi connectivity index (χ0) is 15.9. The number of ether oxygens (including phenoxy) is 1. The Morgan fingerprint density at radius 3 is 2.81 bits per heavy atom. The van der Waals surface area contributed by atoms with Gasteiger partial charge >= 0.3 is 6.18 Å². The summed E-state index contributed by atoms with van der Waals surface area (Å²) in [4.78, 5) is 15.4. The second-order valence-corrected chi connectivity index (χ2v) is 4.58. The number of amides is 1. The zero-order valence-electron chi connectivity index (χ0n) is 11.8. The van der Waals surface area contributed by atoms with Gasteiger partial charge in [-0.25, -0.2) is 4.98 Å². The Labute approximate surface area is 120 Å². The second kappa shape index (κ2) is 7.82. The van der Waals surface area contributed by atoms with E-state index in [-0.39, 0.29) is 24.2 Å². The average Bonchev–Trinajstić information content (AvgIpc) is 2.42. The third-order valence-corrected chi connectivity index (χ3v) is 2.61. The van der Waals surface area contributed by atoms with Gasteiger partial charge in [-0.1, -0.05) is 6.92 Å². The highest BCUT2D eigenvalue weighted by Gasteiger charge is 2.28. The maximum atomic E-state index is 12.0. The maximum Gasteiger partial charge on any atom is 0.422 e. The topological polar surface area (TPSA) is 63.2 Å². The third-order valence-electron chi connectivity index (χ3n) is 2.61. The van der Waals surface area contributed by atoms with Gasteiger partial charge in [-0.2, -0.15) is 13.2 Å². The number of hydrogen-bond donors (Lipinski definition) is 2. The van der Waals surface area contributed by atoms with Gasteiger partial charge in [-0.15, -0.1) is 0 Å². The SMILES string of the molecule is CNCC(C)C(=O)NCc1ccnc(OCC(F)(F)F)c1. The minimum Gasteiger partial charge on any atom is -0.468 e. The van der Waals surface area contributed by atoms with E-state index in [0.717, 1.165) is 0 Å². The van der Waals surface area contributed by atoms with E-state index in [1.165, 1.54) is 12.3 Å². The molecule has 0 saturated carbocycles. The minimum absolute atomic E-state index is 0.123. The molecule has 1 unspecified atom stereocenters. The Bertz CT molecular complexity index is 466. The molecule has 0 fully saturated rings. The van der Waals surface area contributed by atoms with Crippen molar-refractivity contribution >= 4 is 5.91 Å². The molecular formula is C13H18F3N3O2. The number of aromatic nitrogens is 1. The number of halogens is 3. The van der Waals surface area contributed by atoms with Crippen LogP contribution < -0.4 is 15.4 Å². The van der Waals surface area contributed by atoms with Crippen molar-refractivity contribution in [3.8, 4) is 5.88 Å². The van der Waals surface area contributed by atoms with Gasteiger partial charge in [0.25, 0.3) is 0 Å². The van der Waals surface area contributed by atoms with Crippen molar-refractivity contribution in [2.24, 2.45) is 5.92 Å². The molecule has 1 aromatic heterocycles. The molecule has 5 nitrogen and oxygen atoms in total. The van der Waals surface area contributed by atoms with Crippen molar-refractivity contribution in [2.75, 3.05) is 20.2 Å². The molecule has 0 aliphatic rings. The quantitative estimate of drug-likeness (QED) is 0.801. The van der Waals surface area contributed by atoms with E-state index in [9.17, 15) is 18.0 Å². The van der Waals surface area contributed by atoms with Gasteiger partial charge in [-0.3, -0.25) is 4.79 Å². The summed E-state index contributed by atoms with van der Waals surface area (Å²) in [6.07, 6.45) is -3.07. The van der Waals surface area contributed by atoms with Crippen LogP contribution in [-0.2, 0) is 11.3 Å². The number of carbonyl (C=O) groups excluding carboxylic acids is 1. The Balaban J connectivity index is 2.51. The lowest BCUT2D eigenvalue weighted by Crippen LogP contribution is -2.33. The minimum atomic E-state index is -4.41. The molecule has 21 heavy (non-hydrogen) atoms. The third kappa shape index (κ3) is 6.94. The van der Waals surface area contributed by atoms with E-state index in [4.69, 9.17) is 0 Å². The molecule has 0 aliphatic carbocycles. The maximum absolute atomic E-state index is 12.0. The van der Waals surface area contributed by atoms with Gasteiger partial charge in [0.2, 0.25) is 11.8 Å². The lowest BCUT2D eigenvalue weighted by atomic mass is 10.1. The predicted octanol–water partition coefficient (Wildman–Crippen LogP) is 1.49. The number of alkyl halides is 3. The number of carbonyl (C=O) groups is 1. The molecule has 0 saturated heterocycles. The molecule has 0 aromatic carbocycles. The molecule has 8 heteroatoms. The van der Waals surface area contributed by atoms with Gasteiger partial charge in [0.15, 0.2) is 6.61 Å². The van der Waals surface area contributed by atoms with Gasteiger partial charge in [-0.05, 0) is 18.7 Å². The van der Waals surface area contributed by atoms with Crippen molar-refractivity contribution < 1.29 is 22.7 Å². The van der Waals surface area contributed by atoms with Crippen LogP contribution in [-0.4, -0.2) is 37.3 Å². The summed E-state index contributed by atoms with van der Waals surface area (Å²) in [7, 11) is 1.75. The van der Waals surface area contributed by atoms with Crippen molar-refractivity contribution in [3.05, 3.63) is 23.9 Å². The van der Waals surface area contributed by atoms with Crippen LogP contribution in [0.2, 0.25) is 0 Å². The number of hydrogen-bond acceptors (Lipinski definition) is 4. The van der Waals surface area contributed by atoms with E-state index in [1.54, 1.807) is 20.0 Å². The van der Waals surface area contributed by atoms with Crippen molar-refractivity contribution in [1.82, 2.24) is 15.6 Å². The molecular weight excluding hydrogens is 287 g/mol. The molecule has 0 radical (unpaired) electrons. The molecule has 1 heterocycles. The first kappa shape index (κ1) is 17.2. The van der Waals surface area contributed by atoms with Gasteiger partial charge < -0.3 is 15.4 Å². The van der Waals surface area contributed by atoms with E-state index >= 15 is 0 Å². The Kier molecular flexibility index (Phi) is 6.41. The average molecular weight is 305 g/mol. The molecule has 118 valence electrons. The lowest BCUT2D eigenvalue weighted by molar-refractivity contribution is -0.154. The molecule has 2 N–H and O–H groups in total. The summed E-state index contributed by atoms with van der Waals surface area (Å²) in [6, 6.07) is 2.97. The van der Waals surface area contributed by atoms with E-state index in [1.807, 2.05) is 0 Å². The first-order valence-corrected chi connectivity index (χ1v) is 6.38. The number of pyridine rings is 1. The van der Waals surface area contributed by atoms with Crippen LogP contribution >= 0.6 is 0 Å². The molecule has 1 amide bonds. The molecule has 0 aliphatic heterocycles. The Morgan fingerprint density at radius 2 is 2.19 bits per heavy atom. The van der Waals surface area contributed by atoms with Crippen LogP contribution in [0.5, 0.6) is 5.88 Å². The Hall–Kier alpha value is -1.83. The zero-order valence-corrected chi connectivity index (χ0v) is 11.8. The summed E-state index contributed by atoms with van der Waals surface area (Å²) in [5, 5.41) is 5.59. The summed E-state index contributed by atoms with van der Waals surface area (Å²) in [6.45, 7) is 1.13. The van der Waals surface area contributed by atoms with E-state index < -0.39 is 12.8 Å². The number of nitrogens with zero attached hydrogens (tertiary/aromatic N) is 1. The summed E-state index contributed by atoms with van der Waals surface area (Å²) in [5.74, 6) is -0.459. The highest BCUT2D eigenvalue weighted by Crippen LogP contribution is 2.17. The first-order valence-electron chi connectivity index (χ1n) is 6.38. The predicted molar refractivity (Wildman–Crippen MR) is 70.7 cm³/mol. The van der Waals surface area contributed by atoms with Crippen molar-refractivity contribution in [3.63, 3.8) is 0 Å². The second-order valence-electron chi connectivity index (χ2n) is 4.58. The normalized spacial score (nSPS) is 12.8. The molecule has 0 bridgehead atoms. The number of nitrogens with one attached hydrogen (secondary N) is 2. The number of rotatable bonds is 7. The van der Waals surface area contributed by atoms with Crippen LogP contribution in [0.1, 0.15) is 12.5 Å². The van der Waals surface area contributed by atoms with Crippen LogP contribution in [0.15, 0.2) is 18.3 Å². The summed E-state index contributed by atoms with van der Waals surface area (Å²) >= 11 is 0. The fourth-order valence-corrected chi connectivity index (χ4v) is 1.56. The van der Waals surface area contributed by atoms with Crippen LogP contribution in [0, 0.1) is 5.92 Å². The Morgan fingerprint density at radius 1 is 1.48 bits per heavy atom. The van der Waals surface area contributed by atoms with E-state index in [2.05, 4.69) is 20.4 Å². The highest BCUT2D eigenvalue weighted by molar-refractivity contribution is 5.78. The van der Waals surface area contributed by atoms with E-state index in [0.29, 0.717) is 12.1 Å². The molecule has 1 atom stereocenters. The monoisotopic (exact) mass is 305 g/mol. The fourth-order valence-electron chi connectivity index (χ4n) is 1.56. The smallest absolute Gasteiger partial charge is 0.422 e. The van der Waals surface area contributed by atoms with Gasteiger partial charge in [0.1, 0.15) is 0 Å². The highest BCUT2D eigenvalue weighted by atomic mass is 19.4. The van der Waals surface area contributed by atoms with Gasteiger partial charge in [0, 0.05) is 31.3 Å². The first-order chi connectivity index (χ1) is 9.81. The van der Waals surface area contributed by atoms with Crippen LogP contribution in [0.3, 0.4) is 0 Å². The lowest BCUT2D eigenvalue weighted by Gasteiger charge is -2.12. The standard InChI is InChI=1S/C13H18F3N3O2/c1-9(6-17-2)12(20)19-7-10-3-4-18-11(5-10)21-8-13(14,15)16/h3-5,9,17H,6-8H2,1-2H3,(H,19,20). The van der Waals surface area contributed by atoms with Crippen molar-refractivity contribution in [1.29, 1.82) is 0 Å². The fraction of sp³-hybridized carbons (Fsp3) is 0.538. The molecule has 0 spiro atoms. The largest absolute Gasteiger partial charge is 0.468 e. The summed E-state index contributed by atoms with van der Waals surface area (Å²) < 4.78 is 40.7. The molecule has 1 aromatic rings. The van der Waals surface area contributed by atoms with Crippen molar-refractivity contribution in [2.45, 2.75) is 19.6 Å². The van der Waals surface area contributed by atoms with Crippen LogP contribution in [0.25, 0.3) is 0 Å². The van der Waals surface area contributed by atoms with Gasteiger partial charge in [0.05, 0.1) is 0 Å². The van der Waals surface area contributed by atoms with Crippen LogP contribution in [0.4, 0.5) is 13.2 Å². The summed E-state index contributed by atoms with van der Waals surface area (Å²) in [5.41, 5.74) is 0.618. The molecule has 1 rings (SSSR count).